The molecule has 0 spiro atoms. The van der Waals surface area contributed by atoms with E-state index in [0.717, 1.165) is 19.5 Å². The molecule has 1 amide bonds. The highest BCUT2D eigenvalue weighted by molar-refractivity contribution is 7.99. The van der Waals surface area contributed by atoms with E-state index < -0.39 is 0 Å². The third-order valence-corrected chi connectivity index (χ3v) is 5.64. The van der Waals surface area contributed by atoms with Crippen LogP contribution in [0.4, 0.5) is 0 Å². The van der Waals surface area contributed by atoms with Gasteiger partial charge < -0.3 is 9.64 Å². The zero-order valence-electron chi connectivity index (χ0n) is 15.3. The van der Waals surface area contributed by atoms with E-state index in [2.05, 4.69) is 11.9 Å². The van der Waals surface area contributed by atoms with Crippen molar-refractivity contribution in [2.75, 3.05) is 32.6 Å². The number of fused-ring (bicyclic) bond motifs is 1. The normalized spacial score (nSPS) is 17.6. The lowest BCUT2D eigenvalue weighted by Gasteiger charge is -2.30. The zero-order chi connectivity index (χ0) is 18.5. The van der Waals surface area contributed by atoms with Crippen LogP contribution in [-0.2, 0) is 16.1 Å². The lowest BCUT2D eigenvalue weighted by molar-refractivity contribution is -0.130. The van der Waals surface area contributed by atoms with Crippen LogP contribution in [0, 0.1) is 5.92 Å². The number of likely N-dealkylation sites (tertiary alicyclic amines) is 1. The van der Waals surface area contributed by atoms with E-state index >= 15 is 0 Å². The number of amides is 1. The maximum Gasteiger partial charge on any atom is 0.262 e. The van der Waals surface area contributed by atoms with E-state index in [1.165, 1.54) is 18.2 Å². The number of benzene rings is 1. The molecule has 2 heterocycles. The monoisotopic (exact) mass is 375 g/mol. The fourth-order valence-corrected chi connectivity index (χ4v) is 4.20. The average Bonchev–Trinajstić information content (AvgIpc) is 2.65. The molecule has 1 aromatic heterocycles. The van der Waals surface area contributed by atoms with Crippen molar-refractivity contribution in [2.24, 2.45) is 5.92 Å². The third kappa shape index (κ3) is 4.27. The number of rotatable bonds is 6. The van der Waals surface area contributed by atoms with Crippen molar-refractivity contribution in [3.05, 3.63) is 34.6 Å². The SMILES string of the molecule is COCCn1c(SCC(=O)N2CCC[C@H](C)C2)nc2ccccc2c1=O. The summed E-state index contributed by atoms with van der Waals surface area (Å²) in [5, 5.41) is 1.16. The number of carbonyl (C=O) groups excluding carboxylic acids is 1. The van der Waals surface area contributed by atoms with Gasteiger partial charge in [-0.2, -0.15) is 0 Å². The summed E-state index contributed by atoms with van der Waals surface area (Å²) >= 11 is 1.33. The number of ether oxygens (including phenoxy) is 1. The summed E-state index contributed by atoms with van der Waals surface area (Å²) in [6.07, 6.45) is 2.24. The minimum atomic E-state index is -0.0887. The van der Waals surface area contributed by atoms with Crippen LogP contribution in [-0.4, -0.2) is 52.9 Å². The number of hydrogen-bond acceptors (Lipinski definition) is 5. The van der Waals surface area contributed by atoms with E-state index in [4.69, 9.17) is 4.74 Å². The topological polar surface area (TPSA) is 64.4 Å². The maximum atomic E-state index is 12.8. The Morgan fingerprint density at radius 3 is 2.96 bits per heavy atom. The second-order valence-corrected chi connectivity index (χ2v) is 7.68. The lowest BCUT2D eigenvalue weighted by atomic mass is 10.0. The number of thioether (sulfide) groups is 1. The molecular formula is C19H25N3O3S. The Labute approximate surface area is 157 Å². The van der Waals surface area contributed by atoms with Gasteiger partial charge in [-0.15, -0.1) is 0 Å². The van der Waals surface area contributed by atoms with E-state index in [-0.39, 0.29) is 11.5 Å². The van der Waals surface area contributed by atoms with Gasteiger partial charge >= 0.3 is 0 Å². The van der Waals surface area contributed by atoms with Crippen LogP contribution in [0.15, 0.2) is 34.2 Å². The highest BCUT2D eigenvalue weighted by atomic mass is 32.2. The molecular weight excluding hydrogens is 350 g/mol. The van der Waals surface area contributed by atoms with E-state index in [9.17, 15) is 9.59 Å². The first-order valence-corrected chi connectivity index (χ1v) is 9.98. The van der Waals surface area contributed by atoms with Crippen LogP contribution in [0.1, 0.15) is 19.8 Å². The molecule has 0 aliphatic carbocycles. The van der Waals surface area contributed by atoms with Gasteiger partial charge in [0, 0.05) is 20.2 Å². The highest BCUT2D eigenvalue weighted by Gasteiger charge is 2.21. The van der Waals surface area contributed by atoms with Crippen LogP contribution in [0.25, 0.3) is 10.9 Å². The Morgan fingerprint density at radius 2 is 2.19 bits per heavy atom. The first kappa shape index (κ1) is 18.9. The largest absolute Gasteiger partial charge is 0.383 e. The molecule has 1 saturated heterocycles. The fourth-order valence-electron chi connectivity index (χ4n) is 3.27. The zero-order valence-corrected chi connectivity index (χ0v) is 16.1. The van der Waals surface area contributed by atoms with Gasteiger partial charge in [0.25, 0.3) is 5.56 Å². The summed E-state index contributed by atoms with van der Waals surface area (Å²) in [5.74, 6) is 0.962. The first-order valence-electron chi connectivity index (χ1n) is 8.99. The molecule has 0 unspecified atom stereocenters. The first-order chi connectivity index (χ1) is 12.6. The predicted molar refractivity (Wildman–Crippen MR) is 104 cm³/mol. The number of aromatic nitrogens is 2. The maximum absolute atomic E-state index is 12.8. The molecule has 1 atom stereocenters. The van der Waals surface area contributed by atoms with E-state index in [1.54, 1.807) is 17.7 Å². The molecule has 26 heavy (non-hydrogen) atoms. The summed E-state index contributed by atoms with van der Waals surface area (Å²) in [4.78, 5) is 31.9. The summed E-state index contributed by atoms with van der Waals surface area (Å²) in [5.41, 5.74) is 0.571. The van der Waals surface area contributed by atoms with Crippen molar-refractivity contribution < 1.29 is 9.53 Å². The standard InChI is InChI=1S/C19H25N3O3S/c1-14-6-5-9-21(12-14)17(23)13-26-19-20-16-8-4-3-7-15(16)18(24)22(19)10-11-25-2/h3-4,7-8,14H,5-6,9-13H2,1-2H3/t14-/m0/s1. The van der Waals surface area contributed by atoms with Gasteiger partial charge in [0.2, 0.25) is 5.91 Å². The van der Waals surface area contributed by atoms with Gasteiger partial charge in [0.15, 0.2) is 5.16 Å². The number of nitrogens with zero attached hydrogens (tertiary/aromatic N) is 3. The summed E-state index contributed by atoms with van der Waals surface area (Å²) in [6, 6.07) is 7.31. The molecule has 0 radical (unpaired) electrons. The molecule has 1 aromatic carbocycles. The average molecular weight is 375 g/mol. The molecule has 140 valence electrons. The second kappa shape index (κ2) is 8.68. The van der Waals surface area contributed by atoms with E-state index in [1.807, 2.05) is 23.1 Å². The van der Waals surface area contributed by atoms with E-state index in [0.29, 0.717) is 40.9 Å². The van der Waals surface area contributed by atoms with Crippen molar-refractivity contribution in [1.82, 2.24) is 14.5 Å². The van der Waals surface area contributed by atoms with Crippen LogP contribution in [0.2, 0.25) is 0 Å². The Balaban J connectivity index is 1.81. The lowest BCUT2D eigenvalue weighted by Crippen LogP contribution is -2.40. The van der Waals surface area contributed by atoms with Crippen LogP contribution < -0.4 is 5.56 Å². The molecule has 3 rings (SSSR count). The quantitative estimate of drug-likeness (QED) is 0.573. The van der Waals surface area contributed by atoms with Crippen molar-refractivity contribution in [3.8, 4) is 0 Å². The van der Waals surface area contributed by atoms with Gasteiger partial charge in [-0.1, -0.05) is 30.8 Å². The number of para-hydroxylation sites is 1. The Hall–Kier alpha value is -1.86. The summed E-state index contributed by atoms with van der Waals surface area (Å²) in [6.45, 7) is 4.67. The molecule has 0 bridgehead atoms. The number of methoxy groups -OCH3 is 1. The smallest absolute Gasteiger partial charge is 0.262 e. The van der Waals surface area contributed by atoms with Crippen molar-refractivity contribution in [1.29, 1.82) is 0 Å². The fraction of sp³-hybridized carbons (Fsp3) is 0.526. The third-order valence-electron chi connectivity index (χ3n) is 4.68. The van der Waals surface area contributed by atoms with Gasteiger partial charge in [-0.25, -0.2) is 4.98 Å². The second-order valence-electron chi connectivity index (χ2n) is 6.74. The molecule has 2 aromatic rings. The Bertz CT molecular complexity index is 836. The summed E-state index contributed by atoms with van der Waals surface area (Å²) < 4.78 is 6.74. The predicted octanol–water partition coefficient (Wildman–Crippen LogP) is 2.39. The molecule has 1 fully saturated rings. The van der Waals surface area contributed by atoms with Gasteiger partial charge in [0.1, 0.15) is 0 Å². The van der Waals surface area contributed by atoms with Crippen LogP contribution in [0.5, 0.6) is 0 Å². The molecule has 1 aliphatic heterocycles. The number of piperidine rings is 1. The minimum Gasteiger partial charge on any atom is -0.383 e. The van der Waals surface area contributed by atoms with Crippen LogP contribution in [0.3, 0.4) is 0 Å². The number of carbonyl (C=O) groups is 1. The molecule has 7 heteroatoms. The van der Waals surface area contributed by atoms with Gasteiger partial charge in [0.05, 0.1) is 29.8 Å². The molecule has 0 N–H and O–H groups in total. The molecule has 1 aliphatic rings. The van der Waals surface area contributed by atoms with Gasteiger partial charge in [-0.05, 0) is 30.9 Å². The minimum absolute atomic E-state index is 0.0887. The Morgan fingerprint density at radius 1 is 1.38 bits per heavy atom. The summed E-state index contributed by atoms with van der Waals surface area (Å²) in [7, 11) is 1.60. The van der Waals surface area contributed by atoms with Crippen molar-refractivity contribution in [2.45, 2.75) is 31.5 Å². The van der Waals surface area contributed by atoms with Crippen LogP contribution >= 0.6 is 11.8 Å². The molecule has 0 saturated carbocycles. The number of hydrogen-bond donors (Lipinski definition) is 0. The van der Waals surface area contributed by atoms with Crippen molar-refractivity contribution >= 4 is 28.6 Å². The van der Waals surface area contributed by atoms with Gasteiger partial charge in [-0.3, -0.25) is 14.2 Å². The Kier molecular flexibility index (Phi) is 6.32. The molecule has 6 nitrogen and oxygen atoms in total. The van der Waals surface area contributed by atoms with Crippen molar-refractivity contribution in [3.63, 3.8) is 0 Å². The highest BCUT2D eigenvalue weighted by Crippen LogP contribution is 2.21.